The Labute approximate surface area is 81.6 Å². The van der Waals surface area contributed by atoms with Gasteiger partial charge in [0.1, 0.15) is 0 Å². The van der Waals surface area contributed by atoms with E-state index in [0.717, 1.165) is 5.56 Å². The van der Waals surface area contributed by atoms with Crippen molar-refractivity contribution < 1.29 is 10.0 Å². The van der Waals surface area contributed by atoms with Crippen molar-refractivity contribution in [2.75, 3.05) is 6.61 Å². The van der Waals surface area contributed by atoms with Crippen LogP contribution in [0.2, 0.25) is 0 Å². The van der Waals surface area contributed by atoms with Crippen LogP contribution in [0.3, 0.4) is 0 Å². The summed E-state index contributed by atoms with van der Waals surface area (Å²) in [5, 5.41) is 19.0. The van der Waals surface area contributed by atoms with Gasteiger partial charge in [0.15, 0.2) is 0 Å². The van der Waals surface area contributed by atoms with Gasteiger partial charge in [0.2, 0.25) is 0 Å². The Bertz CT molecular complexity index is 347. The fourth-order valence-electron chi connectivity index (χ4n) is 1.04. The standard InChI is InChI=1S/C10H11NO3/c12-7-2-1-4-9-5-3-6-10(8-9)11(13)14/h1,3-6,8,12H,2,7H2/b4-1-. The number of benzene rings is 1. The van der Waals surface area contributed by atoms with Gasteiger partial charge < -0.3 is 5.11 Å². The smallest absolute Gasteiger partial charge is 0.270 e. The van der Waals surface area contributed by atoms with Crippen molar-refractivity contribution >= 4 is 11.8 Å². The molecule has 4 nitrogen and oxygen atoms in total. The van der Waals surface area contributed by atoms with Gasteiger partial charge in [-0.1, -0.05) is 24.3 Å². The first kappa shape index (κ1) is 10.4. The minimum atomic E-state index is -0.427. The van der Waals surface area contributed by atoms with Crippen LogP contribution in [0.1, 0.15) is 12.0 Å². The Morgan fingerprint density at radius 2 is 2.29 bits per heavy atom. The highest BCUT2D eigenvalue weighted by molar-refractivity contribution is 5.53. The molecule has 0 spiro atoms. The van der Waals surface area contributed by atoms with Crippen LogP contribution in [-0.4, -0.2) is 16.6 Å². The zero-order valence-corrected chi connectivity index (χ0v) is 7.59. The van der Waals surface area contributed by atoms with E-state index in [9.17, 15) is 10.1 Å². The number of nitro benzene ring substituents is 1. The molecule has 1 rings (SSSR count). The summed E-state index contributed by atoms with van der Waals surface area (Å²) >= 11 is 0. The third kappa shape index (κ3) is 2.99. The lowest BCUT2D eigenvalue weighted by Crippen LogP contribution is -1.87. The molecule has 0 bridgehead atoms. The van der Waals surface area contributed by atoms with Gasteiger partial charge >= 0.3 is 0 Å². The molecule has 0 aromatic heterocycles. The molecular weight excluding hydrogens is 182 g/mol. The second kappa shape index (κ2) is 5.14. The van der Waals surface area contributed by atoms with Crippen molar-refractivity contribution in [2.24, 2.45) is 0 Å². The maximum absolute atomic E-state index is 10.4. The molecule has 0 fully saturated rings. The zero-order chi connectivity index (χ0) is 10.4. The van der Waals surface area contributed by atoms with Crippen LogP contribution in [0.25, 0.3) is 6.08 Å². The van der Waals surface area contributed by atoms with E-state index in [4.69, 9.17) is 5.11 Å². The summed E-state index contributed by atoms with van der Waals surface area (Å²) in [5.41, 5.74) is 0.851. The van der Waals surface area contributed by atoms with Crippen LogP contribution in [0, 0.1) is 10.1 Å². The second-order valence-electron chi connectivity index (χ2n) is 2.77. The highest BCUT2D eigenvalue weighted by atomic mass is 16.6. The molecule has 4 heteroatoms. The number of aliphatic hydroxyl groups is 1. The van der Waals surface area contributed by atoms with E-state index in [0.29, 0.717) is 6.42 Å². The molecule has 0 saturated heterocycles. The third-order valence-corrected chi connectivity index (χ3v) is 1.69. The van der Waals surface area contributed by atoms with Crippen molar-refractivity contribution in [1.29, 1.82) is 0 Å². The molecule has 74 valence electrons. The number of aliphatic hydroxyl groups excluding tert-OH is 1. The second-order valence-corrected chi connectivity index (χ2v) is 2.77. The van der Waals surface area contributed by atoms with E-state index in [1.807, 2.05) is 0 Å². The highest BCUT2D eigenvalue weighted by Crippen LogP contribution is 2.14. The van der Waals surface area contributed by atoms with Gasteiger partial charge in [-0.25, -0.2) is 0 Å². The molecule has 0 radical (unpaired) electrons. The monoisotopic (exact) mass is 193 g/mol. The normalized spacial score (nSPS) is 10.6. The molecule has 0 unspecified atom stereocenters. The van der Waals surface area contributed by atoms with Gasteiger partial charge in [-0.15, -0.1) is 0 Å². The number of non-ortho nitro benzene ring substituents is 1. The molecule has 0 amide bonds. The van der Waals surface area contributed by atoms with Gasteiger partial charge in [-0.2, -0.15) is 0 Å². The topological polar surface area (TPSA) is 63.4 Å². The minimum absolute atomic E-state index is 0.0798. The number of rotatable bonds is 4. The van der Waals surface area contributed by atoms with Crippen molar-refractivity contribution in [1.82, 2.24) is 0 Å². The SMILES string of the molecule is O=[N+]([O-])c1cccc(/C=C\CCO)c1. The fourth-order valence-corrected chi connectivity index (χ4v) is 1.04. The maximum Gasteiger partial charge on any atom is 0.270 e. The highest BCUT2D eigenvalue weighted by Gasteiger charge is 2.02. The summed E-state index contributed by atoms with van der Waals surface area (Å²) in [6, 6.07) is 6.36. The van der Waals surface area contributed by atoms with Gasteiger partial charge in [0.05, 0.1) is 4.92 Å². The first-order valence-electron chi connectivity index (χ1n) is 4.26. The molecule has 1 N–H and O–H groups in total. The summed E-state index contributed by atoms with van der Waals surface area (Å²) in [7, 11) is 0. The Morgan fingerprint density at radius 1 is 1.50 bits per heavy atom. The Morgan fingerprint density at radius 3 is 2.93 bits per heavy atom. The lowest BCUT2D eigenvalue weighted by molar-refractivity contribution is -0.384. The van der Waals surface area contributed by atoms with Gasteiger partial charge in [0, 0.05) is 18.7 Å². The van der Waals surface area contributed by atoms with E-state index >= 15 is 0 Å². The molecule has 1 aromatic rings. The molecule has 0 saturated carbocycles. The first-order chi connectivity index (χ1) is 6.74. The van der Waals surface area contributed by atoms with E-state index in [2.05, 4.69) is 0 Å². The molecule has 0 heterocycles. The molecule has 0 aliphatic carbocycles. The van der Waals surface area contributed by atoms with Crippen LogP contribution >= 0.6 is 0 Å². The van der Waals surface area contributed by atoms with Crippen molar-refractivity contribution in [3.63, 3.8) is 0 Å². The van der Waals surface area contributed by atoms with Crippen molar-refractivity contribution in [3.05, 3.63) is 46.0 Å². The zero-order valence-electron chi connectivity index (χ0n) is 7.59. The lowest BCUT2D eigenvalue weighted by atomic mass is 10.2. The van der Waals surface area contributed by atoms with Gasteiger partial charge in [-0.3, -0.25) is 10.1 Å². The lowest BCUT2D eigenvalue weighted by Gasteiger charge is -1.93. The first-order valence-corrected chi connectivity index (χ1v) is 4.26. The Hall–Kier alpha value is -1.68. The van der Waals surface area contributed by atoms with Crippen LogP contribution < -0.4 is 0 Å². The average molecular weight is 193 g/mol. The molecule has 0 aliphatic heterocycles. The number of hydrogen-bond donors (Lipinski definition) is 1. The molecule has 0 atom stereocenters. The summed E-state index contributed by atoms with van der Waals surface area (Å²) in [4.78, 5) is 10.00. The van der Waals surface area contributed by atoms with E-state index in [1.54, 1.807) is 24.3 Å². The van der Waals surface area contributed by atoms with Gasteiger partial charge in [0.25, 0.3) is 5.69 Å². The van der Waals surface area contributed by atoms with E-state index < -0.39 is 4.92 Å². The van der Waals surface area contributed by atoms with Crippen molar-refractivity contribution in [3.8, 4) is 0 Å². The largest absolute Gasteiger partial charge is 0.396 e. The summed E-state index contributed by atoms with van der Waals surface area (Å²) < 4.78 is 0. The average Bonchev–Trinajstić information content (AvgIpc) is 2.19. The molecule has 14 heavy (non-hydrogen) atoms. The van der Waals surface area contributed by atoms with Crippen LogP contribution in [0.4, 0.5) is 5.69 Å². The van der Waals surface area contributed by atoms with Crippen LogP contribution in [0.5, 0.6) is 0 Å². The predicted molar refractivity (Wildman–Crippen MR) is 53.8 cm³/mol. The fraction of sp³-hybridized carbons (Fsp3) is 0.200. The van der Waals surface area contributed by atoms with E-state index in [1.165, 1.54) is 12.1 Å². The minimum Gasteiger partial charge on any atom is -0.396 e. The third-order valence-electron chi connectivity index (χ3n) is 1.69. The van der Waals surface area contributed by atoms with Gasteiger partial charge in [-0.05, 0) is 12.0 Å². The van der Waals surface area contributed by atoms with Crippen LogP contribution in [-0.2, 0) is 0 Å². The predicted octanol–water partition coefficient (Wildman–Crippen LogP) is 1.99. The number of hydrogen-bond acceptors (Lipinski definition) is 3. The summed E-state index contributed by atoms with van der Waals surface area (Å²) in [5.74, 6) is 0. The summed E-state index contributed by atoms with van der Waals surface area (Å²) in [6.07, 6.45) is 4.09. The quantitative estimate of drug-likeness (QED) is 0.587. The maximum atomic E-state index is 10.4. The summed E-state index contributed by atoms with van der Waals surface area (Å²) in [6.45, 7) is 0.0887. The molecule has 1 aromatic carbocycles. The molecular formula is C10H11NO3. The van der Waals surface area contributed by atoms with Crippen LogP contribution in [0.15, 0.2) is 30.3 Å². The van der Waals surface area contributed by atoms with Crippen molar-refractivity contribution in [2.45, 2.75) is 6.42 Å². The number of nitrogens with zero attached hydrogens (tertiary/aromatic N) is 1. The Balaban J connectivity index is 2.78. The van der Waals surface area contributed by atoms with E-state index in [-0.39, 0.29) is 12.3 Å². The molecule has 0 aliphatic rings. The number of nitro groups is 1. The Kier molecular flexibility index (Phi) is 3.82.